The van der Waals surface area contributed by atoms with E-state index in [0.717, 1.165) is 10.8 Å². The van der Waals surface area contributed by atoms with Gasteiger partial charge in [0.15, 0.2) is 11.5 Å². The average molecular weight is 517 g/mol. The zero-order valence-corrected chi connectivity index (χ0v) is 19.9. The standard InChI is InChI=1S/C27H21BrN2O4/c1-2-33-24-15-18(14-23(28)25(24)34-27(32)20-9-4-3-5-10-20)17-29-30-26(31)22-13-12-19-8-6-7-11-21(19)16-22/h3-17H,2H2,1H3,(H,30,31)/b29-17-. The minimum Gasteiger partial charge on any atom is -0.490 e. The molecule has 0 aliphatic rings. The maximum Gasteiger partial charge on any atom is 0.343 e. The van der Waals surface area contributed by atoms with Crippen molar-refractivity contribution in [1.82, 2.24) is 5.43 Å². The second-order valence-electron chi connectivity index (χ2n) is 7.28. The number of halogens is 1. The van der Waals surface area contributed by atoms with Gasteiger partial charge >= 0.3 is 5.97 Å². The number of ether oxygens (including phenoxy) is 2. The van der Waals surface area contributed by atoms with Crippen LogP contribution in [0.15, 0.2) is 94.5 Å². The van der Waals surface area contributed by atoms with Gasteiger partial charge in [0.25, 0.3) is 5.91 Å². The van der Waals surface area contributed by atoms with E-state index in [1.165, 1.54) is 6.21 Å². The van der Waals surface area contributed by atoms with Gasteiger partial charge in [-0.05, 0) is 75.6 Å². The summed E-state index contributed by atoms with van der Waals surface area (Å²) in [4.78, 5) is 25.0. The number of amides is 1. The molecule has 0 fully saturated rings. The van der Waals surface area contributed by atoms with Crippen LogP contribution in [0.5, 0.6) is 11.5 Å². The van der Waals surface area contributed by atoms with Crippen LogP contribution in [-0.4, -0.2) is 24.7 Å². The maximum atomic E-state index is 12.5. The normalized spacial score (nSPS) is 10.9. The SMILES string of the molecule is CCOc1cc(/C=N\NC(=O)c2ccc3ccccc3c2)cc(Br)c1OC(=O)c1ccccc1. The summed E-state index contributed by atoms with van der Waals surface area (Å²) in [5.74, 6) is -0.164. The van der Waals surface area contributed by atoms with E-state index in [0.29, 0.717) is 33.5 Å². The van der Waals surface area contributed by atoms with Crippen LogP contribution in [0.4, 0.5) is 0 Å². The van der Waals surface area contributed by atoms with E-state index in [9.17, 15) is 9.59 Å². The maximum absolute atomic E-state index is 12.5. The summed E-state index contributed by atoms with van der Waals surface area (Å²) in [6.07, 6.45) is 1.50. The Morgan fingerprint density at radius 3 is 2.41 bits per heavy atom. The number of nitrogens with one attached hydrogen (secondary N) is 1. The minimum absolute atomic E-state index is 0.271. The molecule has 170 valence electrons. The topological polar surface area (TPSA) is 77.0 Å². The van der Waals surface area contributed by atoms with Gasteiger partial charge in [-0.2, -0.15) is 5.10 Å². The summed E-state index contributed by atoms with van der Waals surface area (Å²) in [7, 11) is 0. The number of hydrogen-bond acceptors (Lipinski definition) is 5. The van der Waals surface area contributed by atoms with Crippen molar-refractivity contribution in [2.45, 2.75) is 6.92 Å². The number of carbonyl (C=O) groups is 2. The van der Waals surface area contributed by atoms with Crippen molar-refractivity contribution in [3.8, 4) is 11.5 Å². The molecule has 0 bridgehead atoms. The van der Waals surface area contributed by atoms with Crippen LogP contribution in [-0.2, 0) is 0 Å². The molecule has 0 unspecified atom stereocenters. The zero-order chi connectivity index (χ0) is 23.9. The summed E-state index contributed by atoms with van der Waals surface area (Å²) in [6, 6.07) is 25.4. The van der Waals surface area contributed by atoms with Gasteiger partial charge in [0.1, 0.15) is 0 Å². The summed E-state index contributed by atoms with van der Waals surface area (Å²) in [6.45, 7) is 2.21. The highest BCUT2D eigenvalue weighted by Gasteiger charge is 2.17. The van der Waals surface area contributed by atoms with Gasteiger partial charge < -0.3 is 9.47 Å². The fourth-order valence-corrected chi connectivity index (χ4v) is 3.85. The summed E-state index contributed by atoms with van der Waals surface area (Å²) in [5.41, 5.74) is 4.13. The Labute approximate surface area is 205 Å². The Hall–Kier alpha value is -3.97. The lowest BCUT2D eigenvalue weighted by Gasteiger charge is -2.13. The second kappa shape index (κ2) is 10.8. The van der Waals surface area contributed by atoms with Crippen molar-refractivity contribution in [2.75, 3.05) is 6.61 Å². The third-order valence-corrected chi connectivity index (χ3v) is 5.52. The largest absolute Gasteiger partial charge is 0.490 e. The first kappa shape index (κ1) is 23.2. The molecule has 6 nitrogen and oxygen atoms in total. The number of hydrogen-bond donors (Lipinski definition) is 1. The Balaban J connectivity index is 1.50. The smallest absolute Gasteiger partial charge is 0.343 e. The first-order valence-corrected chi connectivity index (χ1v) is 11.4. The van der Waals surface area contributed by atoms with E-state index in [-0.39, 0.29) is 11.7 Å². The lowest BCUT2D eigenvalue weighted by Crippen LogP contribution is -2.17. The van der Waals surface area contributed by atoms with E-state index >= 15 is 0 Å². The molecule has 4 rings (SSSR count). The highest BCUT2D eigenvalue weighted by Crippen LogP contribution is 2.37. The quantitative estimate of drug-likeness (QED) is 0.142. The Morgan fingerprint density at radius 2 is 1.65 bits per heavy atom. The predicted octanol–water partition coefficient (Wildman–Crippen LogP) is 5.98. The fraction of sp³-hybridized carbons (Fsp3) is 0.0741. The molecule has 0 radical (unpaired) electrons. The van der Waals surface area contributed by atoms with Crippen molar-refractivity contribution in [3.05, 3.63) is 106 Å². The van der Waals surface area contributed by atoms with E-state index in [2.05, 4.69) is 26.5 Å². The van der Waals surface area contributed by atoms with Crippen molar-refractivity contribution in [1.29, 1.82) is 0 Å². The summed E-state index contributed by atoms with van der Waals surface area (Å²) < 4.78 is 11.8. The summed E-state index contributed by atoms with van der Waals surface area (Å²) in [5, 5.41) is 6.11. The molecule has 0 aromatic heterocycles. The van der Waals surface area contributed by atoms with Gasteiger partial charge in [-0.1, -0.05) is 48.5 Å². The van der Waals surface area contributed by atoms with Crippen LogP contribution in [0.3, 0.4) is 0 Å². The minimum atomic E-state index is -0.494. The third kappa shape index (κ3) is 5.50. The van der Waals surface area contributed by atoms with Gasteiger partial charge in [0, 0.05) is 5.56 Å². The van der Waals surface area contributed by atoms with Crippen molar-refractivity contribution in [3.63, 3.8) is 0 Å². The average Bonchev–Trinajstić information content (AvgIpc) is 2.86. The second-order valence-corrected chi connectivity index (χ2v) is 8.13. The van der Waals surface area contributed by atoms with Crippen molar-refractivity contribution >= 4 is 44.8 Å². The van der Waals surface area contributed by atoms with E-state index < -0.39 is 5.97 Å². The molecule has 0 saturated carbocycles. The Kier molecular flexibility index (Phi) is 7.34. The lowest BCUT2D eigenvalue weighted by atomic mass is 10.1. The molecule has 0 atom stereocenters. The number of benzene rings is 4. The van der Waals surface area contributed by atoms with E-state index in [4.69, 9.17) is 9.47 Å². The van der Waals surface area contributed by atoms with Gasteiger partial charge in [-0.3, -0.25) is 4.79 Å². The van der Waals surface area contributed by atoms with E-state index in [1.807, 2.05) is 49.4 Å². The molecule has 0 saturated heterocycles. The highest BCUT2D eigenvalue weighted by atomic mass is 79.9. The molecule has 0 aliphatic carbocycles. The molecule has 0 spiro atoms. The molecular weight excluding hydrogens is 496 g/mol. The molecule has 7 heteroatoms. The highest BCUT2D eigenvalue weighted by molar-refractivity contribution is 9.10. The number of esters is 1. The monoisotopic (exact) mass is 516 g/mol. The first-order valence-electron chi connectivity index (χ1n) is 10.6. The van der Waals surface area contributed by atoms with Gasteiger partial charge in [0.05, 0.1) is 22.9 Å². The molecular formula is C27H21BrN2O4. The zero-order valence-electron chi connectivity index (χ0n) is 18.3. The lowest BCUT2D eigenvalue weighted by molar-refractivity contribution is 0.0726. The molecule has 4 aromatic rings. The van der Waals surface area contributed by atoms with Crippen LogP contribution in [0.1, 0.15) is 33.2 Å². The molecule has 4 aromatic carbocycles. The van der Waals surface area contributed by atoms with Gasteiger partial charge in [-0.15, -0.1) is 0 Å². The van der Waals surface area contributed by atoms with Gasteiger partial charge in [0.2, 0.25) is 0 Å². The van der Waals surface area contributed by atoms with E-state index in [1.54, 1.807) is 42.5 Å². The number of carbonyl (C=O) groups excluding carboxylic acids is 2. The molecule has 34 heavy (non-hydrogen) atoms. The van der Waals surface area contributed by atoms with Crippen LogP contribution in [0.2, 0.25) is 0 Å². The number of rotatable bonds is 7. The number of fused-ring (bicyclic) bond motifs is 1. The molecule has 0 aliphatic heterocycles. The first-order chi connectivity index (χ1) is 16.5. The third-order valence-electron chi connectivity index (χ3n) is 4.93. The Bertz CT molecular complexity index is 1370. The molecule has 1 N–H and O–H groups in total. The van der Waals surface area contributed by atoms with Crippen LogP contribution in [0.25, 0.3) is 10.8 Å². The van der Waals surface area contributed by atoms with Gasteiger partial charge in [-0.25, -0.2) is 10.2 Å². The number of nitrogens with zero attached hydrogens (tertiary/aromatic N) is 1. The Morgan fingerprint density at radius 1 is 0.912 bits per heavy atom. The summed E-state index contributed by atoms with van der Waals surface area (Å²) >= 11 is 3.44. The molecule has 0 heterocycles. The van der Waals surface area contributed by atoms with Crippen molar-refractivity contribution < 1.29 is 19.1 Å². The number of hydrazone groups is 1. The fourth-order valence-electron chi connectivity index (χ4n) is 3.31. The van der Waals surface area contributed by atoms with Crippen LogP contribution in [0, 0.1) is 0 Å². The molecule has 1 amide bonds. The van der Waals surface area contributed by atoms with Crippen molar-refractivity contribution in [2.24, 2.45) is 5.10 Å². The van der Waals surface area contributed by atoms with Crippen LogP contribution < -0.4 is 14.9 Å². The predicted molar refractivity (Wildman–Crippen MR) is 136 cm³/mol. The van der Waals surface area contributed by atoms with Crippen LogP contribution >= 0.6 is 15.9 Å².